The van der Waals surface area contributed by atoms with Crippen molar-refractivity contribution in [2.24, 2.45) is 0 Å². The zero-order chi connectivity index (χ0) is 4.99. The van der Waals surface area contributed by atoms with Gasteiger partial charge in [0.15, 0.2) is 0 Å². The van der Waals surface area contributed by atoms with Gasteiger partial charge in [-0.05, 0) is 0 Å². The van der Waals surface area contributed by atoms with Gasteiger partial charge in [0.1, 0.15) is 0 Å². The van der Waals surface area contributed by atoms with Crippen LogP contribution in [0.4, 0.5) is 0 Å². The van der Waals surface area contributed by atoms with E-state index in [1.807, 2.05) is 0 Å². The summed E-state index contributed by atoms with van der Waals surface area (Å²) in [4.78, 5) is 0. The average Bonchev–Trinajstić information content (AvgIpc) is 1.65. The molecule has 0 aromatic heterocycles. The molecular formula is C2H6ClInO2. The van der Waals surface area contributed by atoms with Gasteiger partial charge in [-0.2, -0.15) is 0 Å². The molecule has 0 heterocycles. The van der Waals surface area contributed by atoms with Crippen LogP contribution in [0.5, 0.6) is 0 Å². The number of halogens is 1. The Morgan fingerprint density at radius 2 is 1.67 bits per heavy atom. The summed E-state index contributed by atoms with van der Waals surface area (Å²) in [6.45, 7) is 0. The van der Waals surface area contributed by atoms with E-state index < -0.39 is 21.1 Å². The van der Waals surface area contributed by atoms with E-state index >= 15 is 0 Å². The van der Waals surface area contributed by atoms with Gasteiger partial charge in [0.2, 0.25) is 0 Å². The minimum atomic E-state index is -2.25. The predicted molar refractivity (Wildman–Crippen MR) is 25.6 cm³/mol. The second-order valence-electron chi connectivity index (χ2n) is 0.746. The average molecular weight is 212 g/mol. The van der Waals surface area contributed by atoms with Crippen molar-refractivity contribution in [1.82, 2.24) is 0 Å². The Morgan fingerprint density at radius 3 is 1.67 bits per heavy atom. The van der Waals surface area contributed by atoms with E-state index in [1.165, 1.54) is 0 Å². The third-order valence-corrected chi connectivity index (χ3v) is 4.88. The molecule has 0 N–H and O–H groups in total. The topological polar surface area (TPSA) is 18.5 Å². The van der Waals surface area contributed by atoms with Crippen LogP contribution in [0, 0.1) is 0 Å². The van der Waals surface area contributed by atoms with Gasteiger partial charge in [-0.25, -0.2) is 0 Å². The van der Waals surface area contributed by atoms with Crippen molar-refractivity contribution in [3.63, 3.8) is 0 Å². The first kappa shape index (κ1) is 7.08. The Hall–Kier alpha value is 1.08. The molecular weight excluding hydrogens is 206 g/mol. The molecule has 0 bridgehead atoms. The summed E-state index contributed by atoms with van der Waals surface area (Å²) in [5, 5.41) is 0. The van der Waals surface area contributed by atoms with Crippen molar-refractivity contribution in [2.75, 3.05) is 14.2 Å². The quantitative estimate of drug-likeness (QED) is 0.664. The number of hydrogen-bond donors (Lipinski definition) is 0. The van der Waals surface area contributed by atoms with Crippen molar-refractivity contribution in [3.05, 3.63) is 0 Å². The first-order chi connectivity index (χ1) is 2.81. The fraction of sp³-hybridized carbons (Fsp3) is 1.00. The van der Waals surface area contributed by atoms with Crippen LogP contribution in [0.2, 0.25) is 0 Å². The minimum absolute atomic E-state index is 1.57. The van der Waals surface area contributed by atoms with E-state index in [1.54, 1.807) is 14.2 Å². The summed E-state index contributed by atoms with van der Waals surface area (Å²) in [5.41, 5.74) is 0. The monoisotopic (exact) mass is 212 g/mol. The molecule has 4 heteroatoms. The van der Waals surface area contributed by atoms with Crippen molar-refractivity contribution in [2.45, 2.75) is 0 Å². The Balaban J connectivity index is 2.75. The first-order valence-electron chi connectivity index (χ1n) is 1.51. The zero-order valence-electron chi connectivity index (χ0n) is 3.77. The molecule has 0 aromatic rings. The van der Waals surface area contributed by atoms with Gasteiger partial charge in [0, 0.05) is 0 Å². The Kier molecular flexibility index (Phi) is 5.01. The third kappa shape index (κ3) is 3.28. The van der Waals surface area contributed by atoms with Gasteiger partial charge in [-0.15, -0.1) is 0 Å². The van der Waals surface area contributed by atoms with Gasteiger partial charge < -0.3 is 0 Å². The van der Waals surface area contributed by atoms with Crippen LogP contribution in [-0.4, -0.2) is 35.3 Å². The molecule has 2 nitrogen and oxygen atoms in total. The molecule has 0 rings (SSSR count). The SMILES string of the molecule is C[O][In]([Cl])[O]C. The normalized spacial score (nSPS) is 8.50. The van der Waals surface area contributed by atoms with E-state index in [9.17, 15) is 0 Å². The molecule has 0 spiro atoms. The summed E-state index contributed by atoms with van der Waals surface area (Å²) < 4.78 is 9.31. The maximum absolute atomic E-state index is 5.42. The zero-order valence-corrected chi connectivity index (χ0v) is 7.82. The van der Waals surface area contributed by atoms with Crippen LogP contribution >= 0.6 is 8.58 Å². The summed E-state index contributed by atoms with van der Waals surface area (Å²) in [6.07, 6.45) is 0. The van der Waals surface area contributed by atoms with Crippen molar-refractivity contribution in [1.29, 1.82) is 0 Å². The van der Waals surface area contributed by atoms with Crippen LogP contribution < -0.4 is 0 Å². The second-order valence-corrected chi connectivity index (χ2v) is 7.39. The molecule has 0 radical (unpaired) electrons. The fourth-order valence-electron chi connectivity index (χ4n) is 0.0962. The molecule has 0 aliphatic rings. The Labute approximate surface area is 49.7 Å². The van der Waals surface area contributed by atoms with Crippen LogP contribution in [-0.2, 0) is 5.71 Å². The fourth-order valence-corrected chi connectivity index (χ4v) is 0.645. The Morgan fingerprint density at radius 1 is 1.33 bits per heavy atom. The van der Waals surface area contributed by atoms with E-state index in [-0.39, 0.29) is 0 Å². The molecule has 0 aromatic carbocycles. The molecule has 0 fully saturated rings. The molecule has 0 amide bonds. The van der Waals surface area contributed by atoms with Crippen molar-refractivity contribution < 1.29 is 5.71 Å². The Bertz CT molecular complexity index is 30.7. The van der Waals surface area contributed by atoms with E-state index in [4.69, 9.17) is 8.58 Å². The summed E-state index contributed by atoms with van der Waals surface area (Å²) in [6, 6.07) is 0. The van der Waals surface area contributed by atoms with Gasteiger partial charge in [-0.1, -0.05) is 0 Å². The van der Waals surface area contributed by atoms with Crippen LogP contribution in [0.25, 0.3) is 0 Å². The number of rotatable bonds is 2. The molecule has 0 saturated carbocycles. The summed E-state index contributed by atoms with van der Waals surface area (Å²) in [7, 11) is 8.55. The van der Waals surface area contributed by atoms with Gasteiger partial charge in [0.05, 0.1) is 0 Å². The summed E-state index contributed by atoms with van der Waals surface area (Å²) in [5.74, 6) is 0. The van der Waals surface area contributed by atoms with E-state index in [2.05, 4.69) is 5.71 Å². The third-order valence-electron chi connectivity index (χ3n) is 0.371. The molecule has 0 aliphatic heterocycles. The molecule has 0 saturated heterocycles. The maximum atomic E-state index is 5.42. The second kappa shape index (κ2) is 4.24. The van der Waals surface area contributed by atoms with Crippen LogP contribution in [0.3, 0.4) is 0 Å². The predicted octanol–water partition coefficient (Wildman–Crippen LogP) is 0.503. The number of hydrogen-bond acceptors (Lipinski definition) is 2. The molecule has 0 aliphatic carbocycles. The van der Waals surface area contributed by atoms with Crippen molar-refractivity contribution >= 4 is 29.7 Å². The van der Waals surface area contributed by atoms with Crippen LogP contribution in [0.15, 0.2) is 0 Å². The van der Waals surface area contributed by atoms with E-state index in [0.717, 1.165) is 0 Å². The van der Waals surface area contributed by atoms with Gasteiger partial charge >= 0.3 is 49.6 Å². The standard InChI is InChI=1S/2CH3O.ClH.In/c2*1-2;;/h2*1H3;1H;/q2*-1;;+3/p-1. The van der Waals surface area contributed by atoms with Gasteiger partial charge in [-0.3, -0.25) is 0 Å². The first-order valence-corrected chi connectivity index (χ1v) is 8.37. The summed E-state index contributed by atoms with van der Waals surface area (Å²) >= 11 is -2.25. The molecule has 0 unspecified atom stereocenters. The van der Waals surface area contributed by atoms with Crippen LogP contribution in [0.1, 0.15) is 0 Å². The molecule has 36 valence electrons. The van der Waals surface area contributed by atoms with E-state index in [0.29, 0.717) is 0 Å². The molecule has 0 atom stereocenters. The molecule has 6 heavy (non-hydrogen) atoms. The van der Waals surface area contributed by atoms with Gasteiger partial charge in [0.25, 0.3) is 0 Å². The van der Waals surface area contributed by atoms with Crippen molar-refractivity contribution in [3.8, 4) is 0 Å².